The van der Waals surface area contributed by atoms with Gasteiger partial charge >= 0.3 is 5.97 Å². The Bertz CT molecular complexity index is 281. The first-order valence-corrected chi connectivity index (χ1v) is 5.39. The fourth-order valence-corrected chi connectivity index (χ4v) is 1.55. The van der Waals surface area contributed by atoms with Gasteiger partial charge in [0.05, 0.1) is 12.6 Å². The van der Waals surface area contributed by atoms with Gasteiger partial charge in [-0.15, -0.1) is 0 Å². The minimum absolute atomic E-state index is 0.0494. The lowest BCUT2D eigenvalue weighted by molar-refractivity contribution is -0.148. The molecule has 1 aliphatic heterocycles. The molecule has 1 aliphatic rings. The average molecular weight is 212 g/mol. The minimum atomic E-state index is -0.770. The van der Waals surface area contributed by atoms with Gasteiger partial charge in [-0.1, -0.05) is 20.8 Å². The van der Waals surface area contributed by atoms with Crippen LogP contribution in [-0.2, 0) is 9.53 Å². The summed E-state index contributed by atoms with van der Waals surface area (Å²) in [6, 6.07) is 0.104. The van der Waals surface area contributed by atoms with E-state index in [2.05, 4.69) is 31.0 Å². The third kappa shape index (κ3) is 2.55. The molecule has 0 fully saturated rings. The summed E-state index contributed by atoms with van der Waals surface area (Å²) in [5.41, 5.74) is -0.721. The lowest BCUT2D eigenvalue weighted by Gasteiger charge is -2.25. The highest BCUT2D eigenvalue weighted by atomic mass is 16.5. The van der Waals surface area contributed by atoms with Crippen molar-refractivity contribution < 1.29 is 9.53 Å². The van der Waals surface area contributed by atoms with Crippen LogP contribution in [0.4, 0.5) is 0 Å². The summed E-state index contributed by atoms with van der Waals surface area (Å²) in [4.78, 5) is 11.7. The molecule has 0 aromatic rings. The van der Waals surface area contributed by atoms with E-state index in [-0.39, 0.29) is 17.4 Å². The molecule has 0 bridgehead atoms. The van der Waals surface area contributed by atoms with Crippen molar-refractivity contribution in [2.45, 2.75) is 52.6 Å². The Morgan fingerprint density at radius 1 is 1.53 bits per heavy atom. The highest BCUT2D eigenvalue weighted by Gasteiger charge is 2.45. The highest BCUT2D eigenvalue weighted by molar-refractivity contribution is 5.80. The third-order valence-corrected chi connectivity index (χ3v) is 2.72. The molecule has 4 heteroatoms. The number of ether oxygens (including phenoxy) is 1. The van der Waals surface area contributed by atoms with Crippen LogP contribution in [0.2, 0.25) is 0 Å². The van der Waals surface area contributed by atoms with E-state index >= 15 is 0 Å². The second kappa shape index (κ2) is 3.91. The number of carbonyl (C=O) groups is 1. The molecule has 0 aromatic carbocycles. The van der Waals surface area contributed by atoms with E-state index in [9.17, 15) is 4.79 Å². The number of hydrogen-bond acceptors (Lipinski definition) is 4. The maximum Gasteiger partial charge on any atom is 0.335 e. The number of hydrogen-bond donors (Lipinski definition) is 0. The Kier molecular flexibility index (Phi) is 3.16. The Labute approximate surface area is 91.1 Å². The zero-order valence-electron chi connectivity index (χ0n) is 10.2. The van der Waals surface area contributed by atoms with Crippen molar-refractivity contribution in [2.75, 3.05) is 6.61 Å². The third-order valence-electron chi connectivity index (χ3n) is 2.72. The van der Waals surface area contributed by atoms with Gasteiger partial charge in [0.15, 0.2) is 5.54 Å². The molecule has 0 radical (unpaired) electrons. The van der Waals surface area contributed by atoms with Crippen LogP contribution in [0.15, 0.2) is 10.2 Å². The normalized spacial score (nSPS) is 30.6. The van der Waals surface area contributed by atoms with Crippen LogP contribution in [0.25, 0.3) is 0 Å². The average Bonchev–Trinajstić information content (AvgIpc) is 2.49. The SMILES string of the molecule is CCOC(=O)C1(C)CC(C(C)(C)C)N=N1. The molecule has 15 heavy (non-hydrogen) atoms. The van der Waals surface area contributed by atoms with Crippen LogP contribution >= 0.6 is 0 Å². The molecule has 2 unspecified atom stereocenters. The first-order chi connectivity index (χ1) is 6.79. The van der Waals surface area contributed by atoms with Crippen LogP contribution in [0.3, 0.4) is 0 Å². The summed E-state index contributed by atoms with van der Waals surface area (Å²) < 4.78 is 5.00. The second-order valence-corrected chi connectivity index (χ2v) is 5.30. The van der Waals surface area contributed by atoms with Gasteiger partial charge in [0.1, 0.15) is 0 Å². The van der Waals surface area contributed by atoms with E-state index in [1.165, 1.54) is 0 Å². The van der Waals surface area contributed by atoms with Crippen molar-refractivity contribution in [3.63, 3.8) is 0 Å². The van der Waals surface area contributed by atoms with Crippen molar-refractivity contribution in [3.8, 4) is 0 Å². The Morgan fingerprint density at radius 3 is 2.53 bits per heavy atom. The summed E-state index contributed by atoms with van der Waals surface area (Å²) in [5.74, 6) is -0.263. The number of rotatable bonds is 2. The summed E-state index contributed by atoms with van der Waals surface area (Å²) >= 11 is 0. The topological polar surface area (TPSA) is 51.0 Å². The van der Waals surface area contributed by atoms with Gasteiger partial charge in [-0.25, -0.2) is 4.79 Å². The largest absolute Gasteiger partial charge is 0.464 e. The fraction of sp³-hybridized carbons (Fsp3) is 0.909. The first kappa shape index (κ1) is 12.1. The molecular weight excluding hydrogens is 192 g/mol. The van der Waals surface area contributed by atoms with Crippen molar-refractivity contribution >= 4 is 5.97 Å². The standard InChI is InChI=1S/C11H20N2O2/c1-6-15-9(14)11(5)7-8(12-13-11)10(2,3)4/h8H,6-7H2,1-5H3. The van der Waals surface area contributed by atoms with Gasteiger partial charge in [0.2, 0.25) is 0 Å². The summed E-state index contributed by atoms with van der Waals surface area (Å²) in [6.45, 7) is 10.3. The fourth-order valence-electron chi connectivity index (χ4n) is 1.55. The lowest BCUT2D eigenvalue weighted by Crippen LogP contribution is -2.37. The van der Waals surface area contributed by atoms with Crippen LogP contribution in [-0.4, -0.2) is 24.2 Å². The molecule has 0 amide bonds. The lowest BCUT2D eigenvalue weighted by atomic mass is 9.81. The maximum absolute atomic E-state index is 11.7. The summed E-state index contributed by atoms with van der Waals surface area (Å²) in [6.07, 6.45) is 0.648. The highest BCUT2D eigenvalue weighted by Crippen LogP contribution is 2.37. The van der Waals surface area contributed by atoms with Gasteiger partial charge in [0, 0.05) is 6.42 Å². The zero-order valence-corrected chi connectivity index (χ0v) is 10.2. The van der Waals surface area contributed by atoms with Gasteiger partial charge < -0.3 is 4.74 Å². The van der Waals surface area contributed by atoms with E-state index in [0.29, 0.717) is 13.0 Å². The van der Waals surface area contributed by atoms with Crippen LogP contribution in [0.1, 0.15) is 41.0 Å². The number of azo groups is 1. The molecule has 86 valence electrons. The monoisotopic (exact) mass is 212 g/mol. The minimum Gasteiger partial charge on any atom is -0.464 e. The molecule has 0 aromatic heterocycles. The zero-order chi connectivity index (χ0) is 11.7. The smallest absolute Gasteiger partial charge is 0.335 e. The molecule has 4 nitrogen and oxygen atoms in total. The number of nitrogens with zero attached hydrogens (tertiary/aromatic N) is 2. The van der Waals surface area contributed by atoms with Crippen molar-refractivity contribution in [3.05, 3.63) is 0 Å². The molecule has 0 saturated heterocycles. The Hall–Kier alpha value is -0.930. The van der Waals surface area contributed by atoms with E-state index in [1.54, 1.807) is 13.8 Å². The molecule has 1 heterocycles. The van der Waals surface area contributed by atoms with E-state index < -0.39 is 5.54 Å². The molecule has 0 saturated carbocycles. The molecule has 0 aliphatic carbocycles. The van der Waals surface area contributed by atoms with Gasteiger partial charge in [-0.3, -0.25) is 0 Å². The van der Waals surface area contributed by atoms with Crippen molar-refractivity contribution in [1.29, 1.82) is 0 Å². The second-order valence-electron chi connectivity index (χ2n) is 5.30. The molecular formula is C11H20N2O2. The maximum atomic E-state index is 11.7. The number of carbonyl (C=O) groups excluding carboxylic acids is 1. The molecule has 1 rings (SSSR count). The van der Waals surface area contributed by atoms with Crippen molar-refractivity contribution in [1.82, 2.24) is 0 Å². The predicted molar refractivity (Wildman–Crippen MR) is 57.8 cm³/mol. The van der Waals surface area contributed by atoms with Crippen molar-refractivity contribution in [2.24, 2.45) is 15.6 Å². The van der Waals surface area contributed by atoms with Crippen LogP contribution in [0, 0.1) is 5.41 Å². The Balaban J connectivity index is 2.71. The predicted octanol–water partition coefficient (Wildman–Crippen LogP) is 2.58. The van der Waals surface area contributed by atoms with E-state index in [1.807, 2.05) is 0 Å². The number of esters is 1. The first-order valence-electron chi connectivity index (χ1n) is 5.39. The molecule has 0 spiro atoms. The van der Waals surface area contributed by atoms with E-state index in [4.69, 9.17) is 4.74 Å². The molecule has 0 N–H and O–H groups in total. The molecule has 2 atom stereocenters. The van der Waals surface area contributed by atoms with Gasteiger partial charge in [-0.2, -0.15) is 10.2 Å². The van der Waals surface area contributed by atoms with Crippen LogP contribution in [0.5, 0.6) is 0 Å². The van der Waals surface area contributed by atoms with Gasteiger partial charge in [-0.05, 0) is 19.3 Å². The Morgan fingerprint density at radius 2 is 2.13 bits per heavy atom. The summed E-state index contributed by atoms with van der Waals surface area (Å²) in [7, 11) is 0. The van der Waals surface area contributed by atoms with Gasteiger partial charge in [0.25, 0.3) is 0 Å². The van der Waals surface area contributed by atoms with E-state index in [0.717, 1.165) is 0 Å². The summed E-state index contributed by atoms with van der Waals surface area (Å²) in [5, 5.41) is 8.27. The quantitative estimate of drug-likeness (QED) is 0.660. The van der Waals surface area contributed by atoms with Crippen LogP contribution < -0.4 is 0 Å².